The Hall–Kier alpha value is -1.93. The molecule has 0 unspecified atom stereocenters. The maximum absolute atomic E-state index is 12.0. The van der Waals surface area contributed by atoms with Crippen molar-refractivity contribution in [2.75, 3.05) is 6.61 Å². The monoisotopic (exact) mass is 285 g/mol. The number of cyclic esters (lactones) is 1. The van der Waals surface area contributed by atoms with E-state index in [1.54, 1.807) is 0 Å². The van der Waals surface area contributed by atoms with Gasteiger partial charge in [0.25, 0.3) is 0 Å². The van der Waals surface area contributed by atoms with Crippen molar-refractivity contribution in [2.45, 2.75) is 17.4 Å². The summed E-state index contributed by atoms with van der Waals surface area (Å²) in [6.45, 7) is 0.168. The van der Waals surface area contributed by atoms with Gasteiger partial charge in [-0.05, 0) is 18.2 Å². The second kappa shape index (κ2) is 4.98. The summed E-state index contributed by atoms with van der Waals surface area (Å²) in [6.07, 6.45) is 0.261. The smallest absolute Gasteiger partial charge is 0.335 e. The van der Waals surface area contributed by atoms with Crippen molar-refractivity contribution in [2.24, 2.45) is 0 Å². The molecular weight excluding hydrogens is 274 g/mol. The van der Waals surface area contributed by atoms with Crippen molar-refractivity contribution < 1.29 is 27.9 Å². The molecule has 2 rings (SSSR count). The zero-order chi connectivity index (χ0) is 14.0. The molecule has 102 valence electrons. The average Bonchev–Trinajstić information content (AvgIpc) is 2.74. The van der Waals surface area contributed by atoms with Crippen LogP contribution in [-0.4, -0.2) is 38.1 Å². The number of carbonyl (C=O) groups excluding carboxylic acids is 1. The van der Waals surface area contributed by atoms with E-state index in [9.17, 15) is 18.0 Å². The molecule has 1 saturated heterocycles. The zero-order valence-corrected chi connectivity index (χ0v) is 10.5. The van der Waals surface area contributed by atoms with Gasteiger partial charge in [-0.3, -0.25) is 4.79 Å². The van der Waals surface area contributed by atoms with Gasteiger partial charge in [-0.1, -0.05) is 6.07 Å². The Morgan fingerprint density at radius 2 is 2.16 bits per heavy atom. The quantitative estimate of drug-likeness (QED) is 0.752. The minimum atomic E-state index is -3.95. The first-order valence-corrected chi connectivity index (χ1v) is 6.91. The van der Waals surface area contributed by atoms with Crippen LogP contribution in [0.25, 0.3) is 0 Å². The highest BCUT2D eigenvalue weighted by molar-refractivity contribution is 7.89. The van der Waals surface area contributed by atoms with E-state index in [4.69, 9.17) is 5.11 Å². The zero-order valence-electron chi connectivity index (χ0n) is 9.70. The number of nitrogens with one attached hydrogen (secondary N) is 1. The Morgan fingerprint density at radius 3 is 2.74 bits per heavy atom. The Labute approximate surface area is 109 Å². The van der Waals surface area contributed by atoms with E-state index in [0.717, 1.165) is 6.07 Å². The molecule has 1 aromatic carbocycles. The number of hydrogen-bond donors (Lipinski definition) is 2. The van der Waals surface area contributed by atoms with Gasteiger partial charge in [0.05, 0.1) is 17.1 Å². The summed E-state index contributed by atoms with van der Waals surface area (Å²) in [4.78, 5) is 21.8. The molecule has 1 aliphatic rings. The summed E-state index contributed by atoms with van der Waals surface area (Å²) in [7, 11) is -3.95. The molecule has 1 atom stereocenters. The Balaban J connectivity index is 2.26. The molecule has 1 aliphatic heterocycles. The van der Waals surface area contributed by atoms with E-state index in [2.05, 4.69) is 9.46 Å². The van der Waals surface area contributed by atoms with E-state index in [0.29, 0.717) is 0 Å². The number of carboxylic acids is 1. The topological polar surface area (TPSA) is 110 Å². The van der Waals surface area contributed by atoms with Crippen molar-refractivity contribution in [1.29, 1.82) is 0 Å². The number of ether oxygens (including phenoxy) is 1. The summed E-state index contributed by atoms with van der Waals surface area (Å²) < 4.78 is 30.8. The van der Waals surface area contributed by atoms with Gasteiger partial charge < -0.3 is 9.84 Å². The van der Waals surface area contributed by atoms with Crippen LogP contribution in [0.15, 0.2) is 29.2 Å². The van der Waals surface area contributed by atoms with Crippen LogP contribution in [-0.2, 0) is 19.6 Å². The lowest BCUT2D eigenvalue weighted by Crippen LogP contribution is -2.37. The molecule has 1 heterocycles. The number of hydrogen-bond acceptors (Lipinski definition) is 5. The highest BCUT2D eigenvalue weighted by Gasteiger charge is 2.31. The van der Waals surface area contributed by atoms with Crippen LogP contribution in [0.4, 0.5) is 0 Å². The summed E-state index contributed by atoms with van der Waals surface area (Å²) in [5, 5.41) is 8.81. The SMILES string of the molecule is O=C(O)c1cccc(S(=O)(=O)N[C@@H]2CCOC2=O)c1. The number of benzene rings is 1. The molecule has 2 N–H and O–H groups in total. The lowest BCUT2D eigenvalue weighted by atomic mass is 10.2. The first-order chi connectivity index (χ1) is 8.90. The predicted octanol–water partition coefficient (Wildman–Crippen LogP) is -0.0214. The van der Waals surface area contributed by atoms with Crippen molar-refractivity contribution in [3.05, 3.63) is 29.8 Å². The lowest BCUT2D eigenvalue weighted by Gasteiger charge is -2.10. The summed E-state index contributed by atoms with van der Waals surface area (Å²) in [5.41, 5.74) is -0.142. The van der Waals surface area contributed by atoms with Gasteiger partial charge in [-0.25, -0.2) is 13.2 Å². The molecule has 0 bridgehead atoms. The van der Waals surface area contributed by atoms with Gasteiger partial charge in [-0.15, -0.1) is 0 Å². The number of carboxylic acid groups (broad SMARTS) is 1. The fraction of sp³-hybridized carbons (Fsp3) is 0.273. The van der Waals surface area contributed by atoms with Gasteiger partial charge in [0, 0.05) is 6.42 Å². The lowest BCUT2D eigenvalue weighted by molar-refractivity contribution is -0.139. The number of rotatable bonds is 4. The Kier molecular flexibility index (Phi) is 3.54. The van der Waals surface area contributed by atoms with Crippen molar-refractivity contribution in [3.8, 4) is 0 Å². The Morgan fingerprint density at radius 1 is 1.42 bits per heavy atom. The molecule has 0 radical (unpaired) electrons. The second-order valence-corrected chi connectivity index (χ2v) is 5.68. The molecule has 7 nitrogen and oxygen atoms in total. The fourth-order valence-corrected chi connectivity index (χ4v) is 2.92. The van der Waals surface area contributed by atoms with E-state index in [-0.39, 0.29) is 23.5 Å². The van der Waals surface area contributed by atoms with Gasteiger partial charge in [0.1, 0.15) is 6.04 Å². The van der Waals surface area contributed by atoms with Crippen LogP contribution in [0.1, 0.15) is 16.8 Å². The molecule has 1 aromatic rings. The van der Waals surface area contributed by atoms with Crippen LogP contribution in [0, 0.1) is 0 Å². The summed E-state index contributed by atoms with van der Waals surface area (Å²) >= 11 is 0. The van der Waals surface area contributed by atoms with Gasteiger partial charge in [0.2, 0.25) is 10.0 Å². The van der Waals surface area contributed by atoms with E-state index in [1.807, 2.05) is 0 Å². The summed E-state index contributed by atoms with van der Waals surface area (Å²) in [6, 6.07) is 3.98. The Bertz CT molecular complexity index is 624. The van der Waals surface area contributed by atoms with Crippen LogP contribution in [0.5, 0.6) is 0 Å². The largest absolute Gasteiger partial charge is 0.478 e. The third-order valence-corrected chi connectivity index (χ3v) is 4.09. The highest BCUT2D eigenvalue weighted by atomic mass is 32.2. The van der Waals surface area contributed by atoms with E-state index < -0.39 is 28.0 Å². The van der Waals surface area contributed by atoms with Gasteiger partial charge in [-0.2, -0.15) is 4.72 Å². The van der Waals surface area contributed by atoms with Crippen molar-refractivity contribution >= 4 is 22.0 Å². The minimum Gasteiger partial charge on any atom is -0.478 e. The molecule has 0 aromatic heterocycles. The van der Waals surface area contributed by atoms with Gasteiger partial charge in [0.15, 0.2) is 0 Å². The fourth-order valence-electron chi connectivity index (χ4n) is 1.65. The molecule has 0 aliphatic carbocycles. The number of aromatic carboxylic acids is 1. The van der Waals surface area contributed by atoms with Crippen LogP contribution in [0.2, 0.25) is 0 Å². The highest BCUT2D eigenvalue weighted by Crippen LogP contribution is 2.15. The molecular formula is C11H11NO6S. The third-order valence-electron chi connectivity index (χ3n) is 2.62. The van der Waals surface area contributed by atoms with Crippen LogP contribution < -0.4 is 4.72 Å². The third kappa shape index (κ3) is 2.91. The number of carbonyl (C=O) groups is 2. The average molecular weight is 285 g/mol. The first-order valence-electron chi connectivity index (χ1n) is 5.42. The van der Waals surface area contributed by atoms with E-state index >= 15 is 0 Å². The maximum atomic E-state index is 12.0. The molecule has 1 fully saturated rings. The van der Waals surface area contributed by atoms with Crippen LogP contribution in [0.3, 0.4) is 0 Å². The molecule has 19 heavy (non-hydrogen) atoms. The molecule has 0 spiro atoms. The molecule has 8 heteroatoms. The molecule has 0 saturated carbocycles. The van der Waals surface area contributed by atoms with E-state index in [1.165, 1.54) is 18.2 Å². The predicted molar refractivity (Wildman–Crippen MR) is 63.1 cm³/mol. The van der Waals surface area contributed by atoms with Gasteiger partial charge >= 0.3 is 11.9 Å². The number of sulfonamides is 1. The van der Waals surface area contributed by atoms with Crippen molar-refractivity contribution in [1.82, 2.24) is 4.72 Å². The number of esters is 1. The minimum absolute atomic E-state index is 0.142. The molecule has 0 amide bonds. The summed E-state index contributed by atoms with van der Waals surface area (Å²) in [5.74, 6) is -1.85. The standard InChI is InChI=1S/C11H11NO6S/c13-10(14)7-2-1-3-8(6-7)19(16,17)12-9-4-5-18-11(9)15/h1-3,6,9,12H,4-5H2,(H,13,14)/t9-/m1/s1. The normalized spacial score (nSPS) is 19.2. The maximum Gasteiger partial charge on any atom is 0.335 e. The van der Waals surface area contributed by atoms with Crippen molar-refractivity contribution in [3.63, 3.8) is 0 Å². The second-order valence-electron chi connectivity index (χ2n) is 3.96. The van der Waals surface area contributed by atoms with Crippen LogP contribution >= 0.6 is 0 Å². The first kappa shape index (κ1) is 13.5.